The predicted molar refractivity (Wildman–Crippen MR) is 49.3 cm³/mol. The summed E-state index contributed by atoms with van der Waals surface area (Å²) >= 11 is 0. The fourth-order valence-electron chi connectivity index (χ4n) is 1.05. The number of carboxylic acid groups (broad SMARTS) is 1. The fourth-order valence-corrected chi connectivity index (χ4v) is 1.05. The summed E-state index contributed by atoms with van der Waals surface area (Å²) in [6.07, 6.45) is 1.49. The average molecular weight is 224 g/mol. The maximum atomic E-state index is 10.2. The number of aromatic nitrogens is 2. The van der Waals surface area contributed by atoms with Crippen LogP contribution in [0.25, 0.3) is 11.6 Å². The number of aliphatic carboxylic acids is 1. The molecule has 2 rings (SSSR count). The standard InChI is InChI=1S/C9H8N2O5/c12-8(13)5-14-4-7-10-9(11-16-7)6-2-1-3-15-6/h1-3H,4-5H2,(H,12,13). The first kappa shape index (κ1) is 10.4. The van der Waals surface area contributed by atoms with Crippen molar-refractivity contribution in [2.75, 3.05) is 6.61 Å². The Balaban J connectivity index is 1.95. The van der Waals surface area contributed by atoms with Crippen molar-refractivity contribution in [3.63, 3.8) is 0 Å². The van der Waals surface area contributed by atoms with Crippen molar-refractivity contribution in [3.8, 4) is 11.6 Å². The van der Waals surface area contributed by atoms with Crippen molar-refractivity contribution in [1.29, 1.82) is 0 Å². The molecule has 2 aromatic heterocycles. The van der Waals surface area contributed by atoms with E-state index < -0.39 is 12.6 Å². The molecule has 0 saturated heterocycles. The highest BCUT2D eigenvalue weighted by molar-refractivity contribution is 5.67. The molecule has 0 aliphatic heterocycles. The van der Waals surface area contributed by atoms with E-state index in [1.165, 1.54) is 6.26 Å². The minimum atomic E-state index is -1.05. The number of carbonyl (C=O) groups is 1. The molecule has 0 bridgehead atoms. The van der Waals surface area contributed by atoms with Gasteiger partial charge in [0.2, 0.25) is 5.82 Å². The minimum absolute atomic E-state index is 0.0417. The van der Waals surface area contributed by atoms with Crippen LogP contribution >= 0.6 is 0 Å². The number of hydrogen-bond acceptors (Lipinski definition) is 6. The zero-order chi connectivity index (χ0) is 11.4. The molecule has 0 aliphatic rings. The van der Waals surface area contributed by atoms with Gasteiger partial charge >= 0.3 is 5.97 Å². The number of nitrogens with zero attached hydrogens (tertiary/aromatic N) is 2. The van der Waals surface area contributed by atoms with Gasteiger partial charge in [-0.3, -0.25) is 0 Å². The van der Waals surface area contributed by atoms with Gasteiger partial charge < -0.3 is 18.8 Å². The summed E-state index contributed by atoms with van der Waals surface area (Å²) in [7, 11) is 0. The van der Waals surface area contributed by atoms with Gasteiger partial charge in [-0.05, 0) is 12.1 Å². The molecular formula is C9H8N2O5. The van der Waals surface area contributed by atoms with Crippen molar-refractivity contribution >= 4 is 5.97 Å². The number of carboxylic acids is 1. The summed E-state index contributed by atoms with van der Waals surface area (Å²) in [5.41, 5.74) is 0. The molecule has 1 N–H and O–H groups in total. The summed E-state index contributed by atoms with van der Waals surface area (Å²) in [6, 6.07) is 3.39. The second kappa shape index (κ2) is 4.58. The third kappa shape index (κ3) is 2.45. The third-order valence-corrected chi connectivity index (χ3v) is 1.66. The van der Waals surface area contributed by atoms with Gasteiger partial charge in [0.1, 0.15) is 13.2 Å². The SMILES string of the molecule is O=C(O)COCc1nc(-c2ccco2)no1. The monoisotopic (exact) mass is 224 g/mol. The van der Waals surface area contributed by atoms with Gasteiger partial charge in [0.05, 0.1) is 6.26 Å². The Morgan fingerprint density at radius 3 is 3.12 bits per heavy atom. The highest BCUT2D eigenvalue weighted by Crippen LogP contribution is 2.15. The quantitative estimate of drug-likeness (QED) is 0.806. The zero-order valence-electron chi connectivity index (χ0n) is 8.12. The molecule has 0 unspecified atom stereocenters. The van der Waals surface area contributed by atoms with Crippen molar-refractivity contribution < 1.29 is 23.6 Å². The summed E-state index contributed by atoms with van der Waals surface area (Å²) < 4.78 is 14.7. The van der Waals surface area contributed by atoms with Crippen LogP contribution in [0.2, 0.25) is 0 Å². The number of ether oxygens (including phenoxy) is 1. The lowest BCUT2D eigenvalue weighted by atomic mass is 10.4. The van der Waals surface area contributed by atoms with Crippen molar-refractivity contribution in [2.24, 2.45) is 0 Å². The van der Waals surface area contributed by atoms with E-state index in [4.69, 9.17) is 18.8 Å². The van der Waals surface area contributed by atoms with E-state index in [1.807, 2.05) is 0 Å². The maximum Gasteiger partial charge on any atom is 0.329 e. The summed E-state index contributed by atoms with van der Waals surface area (Å²) in [4.78, 5) is 14.1. The van der Waals surface area contributed by atoms with E-state index in [-0.39, 0.29) is 12.5 Å². The first-order valence-corrected chi connectivity index (χ1v) is 4.41. The largest absolute Gasteiger partial charge is 0.480 e. The topological polar surface area (TPSA) is 98.6 Å². The zero-order valence-corrected chi connectivity index (χ0v) is 8.12. The van der Waals surface area contributed by atoms with E-state index >= 15 is 0 Å². The molecule has 2 aromatic rings. The number of rotatable bonds is 5. The molecule has 0 aliphatic carbocycles. The fraction of sp³-hybridized carbons (Fsp3) is 0.222. The molecule has 0 radical (unpaired) electrons. The Morgan fingerprint density at radius 1 is 1.56 bits per heavy atom. The lowest BCUT2D eigenvalue weighted by molar-refractivity contribution is -0.142. The summed E-state index contributed by atoms with van der Waals surface area (Å²) in [5, 5.41) is 12.0. The molecule has 0 aromatic carbocycles. The second-order valence-corrected chi connectivity index (χ2v) is 2.88. The summed E-state index contributed by atoms with van der Waals surface area (Å²) in [5.74, 6) is -0.0643. The molecule has 0 fully saturated rings. The molecule has 84 valence electrons. The smallest absolute Gasteiger partial charge is 0.329 e. The Kier molecular flexibility index (Phi) is 2.97. The number of furan rings is 1. The van der Waals surface area contributed by atoms with Crippen LogP contribution in [0.3, 0.4) is 0 Å². The van der Waals surface area contributed by atoms with Gasteiger partial charge in [-0.15, -0.1) is 0 Å². The second-order valence-electron chi connectivity index (χ2n) is 2.88. The third-order valence-electron chi connectivity index (χ3n) is 1.66. The van der Waals surface area contributed by atoms with E-state index in [0.717, 1.165) is 0 Å². The van der Waals surface area contributed by atoms with Crippen molar-refractivity contribution in [2.45, 2.75) is 6.61 Å². The van der Waals surface area contributed by atoms with Crippen LogP contribution < -0.4 is 0 Å². The van der Waals surface area contributed by atoms with Gasteiger partial charge in [0.25, 0.3) is 5.89 Å². The van der Waals surface area contributed by atoms with Crippen LogP contribution in [0.1, 0.15) is 5.89 Å². The predicted octanol–water partition coefficient (Wildman–Crippen LogP) is 0.931. The Bertz CT molecular complexity index is 462. The maximum absolute atomic E-state index is 10.2. The van der Waals surface area contributed by atoms with Gasteiger partial charge in [0.15, 0.2) is 5.76 Å². The molecule has 0 spiro atoms. The van der Waals surface area contributed by atoms with E-state index in [9.17, 15) is 4.79 Å². The molecule has 0 amide bonds. The van der Waals surface area contributed by atoms with Crippen molar-refractivity contribution in [1.82, 2.24) is 10.1 Å². The molecule has 2 heterocycles. The van der Waals surface area contributed by atoms with Crippen LogP contribution in [0, 0.1) is 0 Å². The normalized spacial score (nSPS) is 10.5. The Labute approximate surface area is 89.6 Å². The summed E-state index contributed by atoms with van der Waals surface area (Å²) in [6.45, 7) is -0.446. The first-order valence-electron chi connectivity index (χ1n) is 4.41. The number of hydrogen-bond donors (Lipinski definition) is 1. The van der Waals surface area contributed by atoms with E-state index in [1.54, 1.807) is 12.1 Å². The Hall–Kier alpha value is -2.15. The van der Waals surface area contributed by atoms with Gasteiger partial charge in [-0.25, -0.2) is 4.79 Å². The molecule has 0 saturated carbocycles. The van der Waals surface area contributed by atoms with Gasteiger partial charge in [0, 0.05) is 0 Å². The first-order chi connectivity index (χ1) is 7.75. The van der Waals surface area contributed by atoms with Crippen LogP contribution in [-0.2, 0) is 16.1 Å². The lowest BCUT2D eigenvalue weighted by Crippen LogP contribution is -2.06. The van der Waals surface area contributed by atoms with Gasteiger partial charge in [-0.1, -0.05) is 5.16 Å². The molecule has 7 heteroatoms. The highest BCUT2D eigenvalue weighted by Gasteiger charge is 2.10. The van der Waals surface area contributed by atoms with Crippen molar-refractivity contribution in [3.05, 3.63) is 24.3 Å². The van der Waals surface area contributed by atoms with Crippen LogP contribution in [0.15, 0.2) is 27.3 Å². The molecule has 0 atom stereocenters. The lowest BCUT2D eigenvalue weighted by Gasteiger charge is -1.93. The highest BCUT2D eigenvalue weighted by atomic mass is 16.5. The van der Waals surface area contributed by atoms with E-state index in [2.05, 4.69) is 10.1 Å². The molecular weight excluding hydrogens is 216 g/mol. The minimum Gasteiger partial charge on any atom is -0.480 e. The molecule has 16 heavy (non-hydrogen) atoms. The van der Waals surface area contributed by atoms with Crippen LogP contribution in [0.4, 0.5) is 0 Å². The molecule has 7 nitrogen and oxygen atoms in total. The van der Waals surface area contributed by atoms with Crippen LogP contribution in [-0.4, -0.2) is 27.8 Å². The van der Waals surface area contributed by atoms with Gasteiger partial charge in [-0.2, -0.15) is 4.98 Å². The van der Waals surface area contributed by atoms with E-state index in [0.29, 0.717) is 11.6 Å². The average Bonchev–Trinajstić information content (AvgIpc) is 2.85. The Morgan fingerprint density at radius 2 is 2.44 bits per heavy atom. The van der Waals surface area contributed by atoms with Crippen LogP contribution in [0.5, 0.6) is 0 Å².